The van der Waals surface area contributed by atoms with Crippen LogP contribution in [0.5, 0.6) is 0 Å². The van der Waals surface area contributed by atoms with Crippen LogP contribution >= 0.6 is 0 Å². The minimum absolute atomic E-state index is 0.133. The molecule has 0 bridgehead atoms. The second kappa shape index (κ2) is 8.64. The quantitative estimate of drug-likeness (QED) is 0.661. The summed E-state index contributed by atoms with van der Waals surface area (Å²) < 4.78 is 1.97. The van der Waals surface area contributed by atoms with Crippen molar-refractivity contribution in [1.29, 1.82) is 0 Å². The number of rotatable bonds is 8. The fourth-order valence-corrected chi connectivity index (χ4v) is 3.12. The first-order valence-corrected chi connectivity index (χ1v) is 9.09. The van der Waals surface area contributed by atoms with Gasteiger partial charge in [0, 0.05) is 30.4 Å². The molecule has 2 aromatic carbocycles. The highest BCUT2D eigenvalue weighted by Crippen LogP contribution is 2.24. The average Bonchev–Trinajstić information content (AvgIpc) is 3.03. The van der Waals surface area contributed by atoms with Gasteiger partial charge in [0.25, 0.3) is 0 Å². The molecular formula is C22H25N3O2. The van der Waals surface area contributed by atoms with Crippen molar-refractivity contribution in [1.82, 2.24) is 14.7 Å². The number of aryl methyl sites for hydroxylation is 1. The maximum absolute atomic E-state index is 10.8. The highest BCUT2D eigenvalue weighted by Gasteiger charge is 2.14. The van der Waals surface area contributed by atoms with E-state index < -0.39 is 5.97 Å². The fraction of sp³-hybridized carbons (Fsp3) is 0.273. The number of hydrogen-bond donors (Lipinski definition) is 1. The van der Waals surface area contributed by atoms with Crippen molar-refractivity contribution in [2.24, 2.45) is 0 Å². The van der Waals surface area contributed by atoms with Crippen molar-refractivity contribution in [3.63, 3.8) is 0 Å². The van der Waals surface area contributed by atoms with Gasteiger partial charge < -0.3 is 10.0 Å². The number of benzene rings is 2. The van der Waals surface area contributed by atoms with Crippen LogP contribution in [0, 0.1) is 6.92 Å². The summed E-state index contributed by atoms with van der Waals surface area (Å²) in [4.78, 5) is 12.9. The predicted octanol–water partition coefficient (Wildman–Crippen LogP) is 3.81. The monoisotopic (exact) mass is 363 g/mol. The molecule has 5 nitrogen and oxygen atoms in total. The molecule has 0 fully saturated rings. The second-order valence-corrected chi connectivity index (χ2v) is 6.94. The number of carboxylic acids is 1. The van der Waals surface area contributed by atoms with Crippen molar-refractivity contribution in [3.05, 3.63) is 77.5 Å². The molecule has 3 aromatic rings. The minimum Gasteiger partial charge on any atom is -0.481 e. The van der Waals surface area contributed by atoms with Crippen LogP contribution in [-0.4, -0.2) is 39.3 Å². The van der Waals surface area contributed by atoms with Gasteiger partial charge in [-0.3, -0.25) is 9.48 Å². The molecule has 0 saturated heterocycles. The SMILES string of the molecule is Cc1cccc(-c2nn(Cc3ccccc3)cc2CN(C)CCC(=O)O)c1. The van der Waals surface area contributed by atoms with Gasteiger partial charge in [-0.25, -0.2) is 0 Å². The Kier molecular flexibility index (Phi) is 6.04. The van der Waals surface area contributed by atoms with Crippen molar-refractivity contribution in [2.75, 3.05) is 13.6 Å². The summed E-state index contributed by atoms with van der Waals surface area (Å²) in [6, 6.07) is 18.6. The van der Waals surface area contributed by atoms with E-state index in [9.17, 15) is 4.79 Å². The Morgan fingerprint density at radius 3 is 2.63 bits per heavy atom. The lowest BCUT2D eigenvalue weighted by Crippen LogP contribution is -2.21. The van der Waals surface area contributed by atoms with Gasteiger partial charge in [0.15, 0.2) is 0 Å². The molecule has 3 rings (SSSR count). The highest BCUT2D eigenvalue weighted by atomic mass is 16.4. The maximum atomic E-state index is 10.8. The minimum atomic E-state index is -0.777. The summed E-state index contributed by atoms with van der Waals surface area (Å²) in [5, 5.41) is 13.8. The van der Waals surface area contributed by atoms with Crippen LogP contribution in [0.25, 0.3) is 11.3 Å². The van der Waals surface area contributed by atoms with E-state index in [1.807, 2.05) is 40.9 Å². The standard InChI is InChI=1S/C22H25N3O2/c1-17-7-6-10-19(13-17)22-20(15-24(2)12-11-21(26)27)16-25(23-22)14-18-8-4-3-5-9-18/h3-10,13,16H,11-12,14-15H2,1-2H3,(H,26,27). The molecule has 0 atom stereocenters. The summed E-state index contributed by atoms with van der Waals surface area (Å²) in [6.07, 6.45) is 2.20. The molecule has 0 aliphatic rings. The first kappa shape index (κ1) is 18.9. The van der Waals surface area contributed by atoms with Crippen molar-refractivity contribution >= 4 is 5.97 Å². The maximum Gasteiger partial charge on any atom is 0.304 e. The number of nitrogens with zero attached hydrogens (tertiary/aromatic N) is 3. The Morgan fingerprint density at radius 1 is 1.15 bits per heavy atom. The lowest BCUT2D eigenvalue weighted by Gasteiger charge is -2.15. The smallest absolute Gasteiger partial charge is 0.304 e. The third-order valence-corrected chi connectivity index (χ3v) is 4.46. The van der Waals surface area contributed by atoms with E-state index in [4.69, 9.17) is 10.2 Å². The first-order valence-electron chi connectivity index (χ1n) is 9.09. The Hall–Kier alpha value is -2.92. The molecule has 0 spiro atoms. The van der Waals surface area contributed by atoms with Crippen LogP contribution in [0.15, 0.2) is 60.8 Å². The zero-order valence-electron chi connectivity index (χ0n) is 15.8. The zero-order valence-corrected chi connectivity index (χ0v) is 15.8. The topological polar surface area (TPSA) is 58.4 Å². The van der Waals surface area contributed by atoms with E-state index in [1.165, 1.54) is 11.1 Å². The molecule has 0 amide bonds. The van der Waals surface area contributed by atoms with Crippen molar-refractivity contribution < 1.29 is 9.90 Å². The lowest BCUT2D eigenvalue weighted by molar-refractivity contribution is -0.137. The van der Waals surface area contributed by atoms with E-state index in [0.717, 1.165) is 16.8 Å². The van der Waals surface area contributed by atoms with Gasteiger partial charge >= 0.3 is 5.97 Å². The second-order valence-electron chi connectivity index (χ2n) is 6.94. The highest BCUT2D eigenvalue weighted by molar-refractivity contribution is 5.67. The van der Waals surface area contributed by atoms with Crippen LogP contribution in [0.3, 0.4) is 0 Å². The molecule has 0 radical (unpaired) electrons. The Labute approximate surface area is 159 Å². The summed E-state index contributed by atoms with van der Waals surface area (Å²) in [5.74, 6) is -0.777. The van der Waals surface area contributed by atoms with Gasteiger partial charge in [-0.2, -0.15) is 5.10 Å². The van der Waals surface area contributed by atoms with Crippen LogP contribution in [-0.2, 0) is 17.9 Å². The molecular weight excluding hydrogens is 338 g/mol. The molecule has 0 aliphatic heterocycles. The molecule has 140 valence electrons. The average molecular weight is 363 g/mol. The largest absolute Gasteiger partial charge is 0.481 e. The Bertz CT molecular complexity index is 903. The van der Waals surface area contributed by atoms with E-state index >= 15 is 0 Å². The Balaban J connectivity index is 1.88. The third-order valence-electron chi connectivity index (χ3n) is 4.46. The number of carbonyl (C=O) groups is 1. The van der Waals surface area contributed by atoms with E-state index in [2.05, 4.69) is 43.5 Å². The van der Waals surface area contributed by atoms with Gasteiger partial charge in [0.1, 0.15) is 0 Å². The molecule has 1 heterocycles. The summed E-state index contributed by atoms with van der Waals surface area (Å²) in [6.45, 7) is 3.94. The van der Waals surface area contributed by atoms with Crippen molar-refractivity contribution in [2.45, 2.75) is 26.4 Å². The predicted molar refractivity (Wildman–Crippen MR) is 107 cm³/mol. The summed E-state index contributed by atoms with van der Waals surface area (Å²) >= 11 is 0. The molecule has 1 N–H and O–H groups in total. The molecule has 1 aromatic heterocycles. The van der Waals surface area contributed by atoms with E-state index in [-0.39, 0.29) is 6.42 Å². The molecule has 0 saturated carbocycles. The molecule has 0 aliphatic carbocycles. The number of hydrogen-bond acceptors (Lipinski definition) is 3. The van der Waals surface area contributed by atoms with Crippen LogP contribution in [0.1, 0.15) is 23.1 Å². The lowest BCUT2D eigenvalue weighted by atomic mass is 10.1. The number of carboxylic acid groups (broad SMARTS) is 1. The van der Waals surface area contributed by atoms with E-state index in [1.54, 1.807) is 0 Å². The van der Waals surface area contributed by atoms with Crippen LogP contribution < -0.4 is 0 Å². The number of aliphatic carboxylic acids is 1. The fourth-order valence-electron chi connectivity index (χ4n) is 3.12. The molecule has 27 heavy (non-hydrogen) atoms. The van der Waals surface area contributed by atoms with Gasteiger partial charge in [0.05, 0.1) is 18.7 Å². The summed E-state index contributed by atoms with van der Waals surface area (Å²) in [7, 11) is 1.94. The number of aromatic nitrogens is 2. The summed E-state index contributed by atoms with van der Waals surface area (Å²) in [5.41, 5.74) is 5.53. The van der Waals surface area contributed by atoms with Crippen molar-refractivity contribution in [3.8, 4) is 11.3 Å². The Morgan fingerprint density at radius 2 is 1.93 bits per heavy atom. The molecule has 0 unspecified atom stereocenters. The molecule has 5 heteroatoms. The zero-order chi connectivity index (χ0) is 19.2. The van der Waals surface area contributed by atoms with Gasteiger partial charge in [-0.1, -0.05) is 54.1 Å². The normalized spacial score (nSPS) is 11.1. The van der Waals surface area contributed by atoms with Gasteiger partial charge in [-0.05, 0) is 25.6 Å². The van der Waals surface area contributed by atoms with E-state index in [0.29, 0.717) is 19.6 Å². The first-order chi connectivity index (χ1) is 13.0. The third kappa shape index (κ3) is 5.28. The van der Waals surface area contributed by atoms with Crippen LogP contribution in [0.2, 0.25) is 0 Å². The van der Waals surface area contributed by atoms with Gasteiger partial charge in [-0.15, -0.1) is 0 Å². The van der Waals surface area contributed by atoms with Crippen LogP contribution in [0.4, 0.5) is 0 Å². The van der Waals surface area contributed by atoms with Gasteiger partial charge in [0.2, 0.25) is 0 Å².